The van der Waals surface area contributed by atoms with Gasteiger partial charge in [0.2, 0.25) is 0 Å². The van der Waals surface area contributed by atoms with Crippen molar-refractivity contribution in [2.45, 2.75) is 12.8 Å². The fraction of sp³-hybridized carbons (Fsp3) is 0.364. The number of nitrogens with zero attached hydrogens (tertiary/aromatic N) is 1. The van der Waals surface area contributed by atoms with E-state index in [0.29, 0.717) is 22.0 Å². The molecule has 1 saturated heterocycles. The highest BCUT2D eigenvalue weighted by Crippen LogP contribution is 2.32. The smallest absolute Gasteiger partial charge is 0.337 e. The lowest BCUT2D eigenvalue weighted by molar-refractivity contribution is 0.0698. The second kappa shape index (κ2) is 6.00. The highest BCUT2D eigenvalue weighted by atomic mass is 79.9. The fourth-order valence-electron chi connectivity index (χ4n) is 1.97. The molecule has 1 heterocycles. The van der Waals surface area contributed by atoms with Crippen LogP contribution in [0.1, 0.15) is 23.2 Å². The first-order chi connectivity index (χ1) is 9.31. The third-order valence-electron chi connectivity index (χ3n) is 2.92. The van der Waals surface area contributed by atoms with Crippen LogP contribution in [-0.2, 0) is 10.2 Å². The predicted octanol–water partition coefficient (Wildman–Crippen LogP) is 2.66. The van der Waals surface area contributed by atoms with Gasteiger partial charge < -0.3 is 5.11 Å². The van der Waals surface area contributed by atoms with E-state index < -0.39 is 16.2 Å². The molecule has 0 aromatic heterocycles. The van der Waals surface area contributed by atoms with Gasteiger partial charge in [-0.25, -0.2) is 4.79 Å². The Labute approximate surface area is 133 Å². The molecule has 1 aliphatic heterocycles. The number of carboxylic acids is 1. The lowest BCUT2D eigenvalue weighted by Crippen LogP contribution is -2.34. The molecule has 0 amide bonds. The first-order valence-electron chi connectivity index (χ1n) is 5.81. The van der Waals surface area contributed by atoms with E-state index in [0.717, 1.165) is 12.8 Å². The lowest BCUT2D eigenvalue weighted by Gasteiger charge is -2.19. The summed E-state index contributed by atoms with van der Waals surface area (Å²) in [4.78, 5) is 11.2. The van der Waals surface area contributed by atoms with E-state index in [2.05, 4.69) is 36.6 Å². The minimum atomic E-state index is -3.73. The fourth-order valence-corrected chi connectivity index (χ4v) is 4.77. The highest BCUT2D eigenvalue weighted by molar-refractivity contribution is 9.11. The minimum absolute atomic E-state index is 0.0348. The van der Waals surface area contributed by atoms with Crippen molar-refractivity contribution in [2.24, 2.45) is 0 Å². The number of rotatable bonds is 4. The number of hydrogen-bond acceptors (Lipinski definition) is 3. The quantitative estimate of drug-likeness (QED) is 0.773. The van der Waals surface area contributed by atoms with Crippen LogP contribution in [0.15, 0.2) is 21.1 Å². The Morgan fingerprint density at radius 1 is 1.25 bits per heavy atom. The second-order valence-corrected chi connectivity index (χ2v) is 7.77. The van der Waals surface area contributed by atoms with Crippen molar-refractivity contribution in [1.82, 2.24) is 4.31 Å². The van der Waals surface area contributed by atoms with Gasteiger partial charge in [-0.1, -0.05) is 15.9 Å². The maximum Gasteiger partial charge on any atom is 0.337 e. The maximum absolute atomic E-state index is 12.2. The van der Waals surface area contributed by atoms with Crippen LogP contribution in [0.2, 0.25) is 0 Å². The molecule has 0 aliphatic carbocycles. The number of nitrogens with one attached hydrogen (secondary N) is 1. The van der Waals surface area contributed by atoms with Crippen LogP contribution >= 0.6 is 31.9 Å². The summed E-state index contributed by atoms with van der Waals surface area (Å²) in [6.07, 6.45) is 1.63. The Hall–Kier alpha value is -0.640. The molecule has 0 bridgehead atoms. The van der Waals surface area contributed by atoms with Crippen LogP contribution in [0.25, 0.3) is 0 Å². The number of halogens is 2. The zero-order chi connectivity index (χ0) is 14.9. The van der Waals surface area contributed by atoms with Gasteiger partial charge in [-0.3, -0.25) is 4.72 Å². The summed E-state index contributed by atoms with van der Waals surface area (Å²) in [5, 5.41) is 9.19. The summed E-state index contributed by atoms with van der Waals surface area (Å²) in [7, 11) is -3.73. The first-order valence-corrected chi connectivity index (χ1v) is 8.84. The van der Waals surface area contributed by atoms with Gasteiger partial charge in [0, 0.05) is 22.0 Å². The predicted molar refractivity (Wildman–Crippen MR) is 82.2 cm³/mol. The van der Waals surface area contributed by atoms with E-state index in [1.165, 1.54) is 10.4 Å². The molecule has 0 saturated carbocycles. The number of anilines is 1. The molecule has 1 aromatic carbocycles. The third-order valence-corrected chi connectivity index (χ3v) is 5.51. The summed E-state index contributed by atoms with van der Waals surface area (Å²) >= 11 is 6.37. The molecule has 2 rings (SSSR count). The molecule has 1 aromatic rings. The highest BCUT2D eigenvalue weighted by Gasteiger charge is 2.27. The Morgan fingerprint density at radius 2 is 1.85 bits per heavy atom. The monoisotopic (exact) mass is 426 g/mol. The Morgan fingerprint density at radius 3 is 2.40 bits per heavy atom. The summed E-state index contributed by atoms with van der Waals surface area (Å²) < 4.78 is 29.0. The lowest BCUT2D eigenvalue weighted by atomic mass is 10.2. The van der Waals surface area contributed by atoms with Crippen LogP contribution in [0.5, 0.6) is 0 Å². The van der Waals surface area contributed by atoms with Crippen molar-refractivity contribution >= 4 is 53.7 Å². The molecule has 0 spiro atoms. The Kier molecular flexibility index (Phi) is 4.73. The van der Waals surface area contributed by atoms with Gasteiger partial charge in [-0.15, -0.1) is 0 Å². The van der Waals surface area contributed by atoms with Gasteiger partial charge in [0.15, 0.2) is 0 Å². The minimum Gasteiger partial charge on any atom is -0.478 e. The second-order valence-electron chi connectivity index (χ2n) is 4.33. The molecule has 110 valence electrons. The zero-order valence-corrected chi connectivity index (χ0v) is 14.3. The number of benzene rings is 1. The normalized spacial score (nSPS) is 16.3. The number of carboxylic acid groups (broad SMARTS) is 1. The third kappa shape index (κ3) is 3.33. The topological polar surface area (TPSA) is 86.7 Å². The van der Waals surface area contributed by atoms with Gasteiger partial charge in [-0.05, 0) is 40.9 Å². The number of aromatic carboxylic acids is 1. The van der Waals surface area contributed by atoms with E-state index in [9.17, 15) is 18.3 Å². The van der Waals surface area contributed by atoms with Gasteiger partial charge in [0.1, 0.15) is 0 Å². The summed E-state index contributed by atoms with van der Waals surface area (Å²) in [6.45, 7) is 0.901. The van der Waals surface area contributed by atoms with Gasteiger partial charge >= 0.3 is 16.2 Å². The maximum atomic E-state index is 12.2. The summed E-state index contributed by atoms with van der Waals surface area (Å²) in [6, 6.07) is 2.95. The van der Waals surface area contributed by atoms with E-state index in [1.807, 2.05) is 0 Å². The molecule has 0 radical (unpaired) electrons. The molecule has 20 heavy (non-hydrogen) atoms. The standard InChI is InChI=1S/C11H12Br2N2O4S/c12-7-5-8(11(16)17)10(9(13)6-7)14-20(18,19)15-3-1-2-4-15/h5-6,14H,1-4H2,(H,16,17). The molecule has 6 nitrogen and oxygen atoms in total. The molecule has 1 fully saturated rings. The molecule has 2 N–H and O–H groups in total. The molecular weight excluding hydrogens is 416 g/mol. The van der Waals surface area contributed by atoms with Crippen molar-refractivity contribution in [3.8, 4) is 0 Å². The molecular formula is C11H12Br2N2O4S. The molecule has 1 aliphatic rings. The average Bonchev–Trinajstić information content (AvgIpc) is 2.86. The number of hydrogen-bond donors (Lipinski definition) is 2. The van der Waals surface area contributed by atoms with Gasteiger partial charge in [-0.2, -0.15) is 12.7 Å². The average molecular weight is 428 g/mol. The number of carbonyl (C=O) groups is 1. The first kappa shape index (κ1) is 15.7. The van der Waals surface area contributed by atoms with Crippen molar-refractivity contribution in [2.75, 3.05) is 17.8 Å². The van der Waals surface area contributed by atoms with Gasteiger partial charge in [0.25, 0.3) is 0 Å². The summed E-state index contributed by atoms with van der Waals surface area (Å²) in [5.74, 6) is -1.20. The SMILES string of the molecule is O=C(O)c1cc(Br)cc(Br)c1NS(=O)(=O)N1CCCC1. The largest absolute Gasteiger partial charge is 0.478 e. The van der Waals surface area contributed by atoms with Crippen molar-refractivity contribution in [3.63, 3.8) is 0 Å². The zero-order valence-electron chi connectivity index (χ0n) is 10.3. The molecule has 9 heteroatoms. The summed E-state index contributed by atoms with van der Waals surface area (Å²) in [5.41, 5.74) is -0.0818. The van der Waals surface area contributed by atoms with E-state index in [1.54, 1.807) is 6.07 Å². The van der Waals surface area contributed by atoms with Crippen molar-refractivity contribution in [3.05, 3.63) is 26.6 Å². The Balaban J connectivity index is 2.40. The van der Waals surface area contributed by atoms with Crippen LogP contribution < -0.4 is 4.72 Å². The van der Waals surface area contributed by atoms with Crippen LogP contribution in [0.3, 0.4) is 0 Å². The van der Waals surface area contributed by atoms with Gasteiger partial charge in [0.05, 0.1) is 11.3 Å². The van der Waals surface area contributed by atoms with Crippen LogP contribution in [-0.4, -0.2) is 36.9 Å². The van der Waals surface area contributed by atoms with E-state index in [4.69, 9.17) is 0 Å². The van der Waals surface area contributed by atoms with Crippen LogP contribution in [0, 0.1) is 0 Å². The molecule has 0 atom stereocenters. The van der Waals surface area contributed by atoms with Crippen molar-refractivity contribution < 1.29 is 18.3 Å². The van der Waals surface area contributed by atoms with Crippen molar-refractivity contribution in [1.29, 1.82) is 0 Å². The Bertz CT molecular complexity index is 642. The molecule has 0 unspecified atom stereocenters. The van der Waals surface area contributed by atoms with Crippen LogP contribution in [0.4, 0.5) is 5.69 Å². The van der Waals surface area contributed by atoms with E-state index in [-0.39, 0.29) is 11.3 Å². The van der Waals surface area contributed by atoms with E-state index >= 15 is 0 Å².